The van der Waals surface area contributed by atoms with Crippen LogP contribution in [0.3, 0.4) is 0 Å². The molecule has 4 aromatic rings. The van der Waals surface area contributed by atoms with Crippen molar-refractivity contribution in [3.63, 3.8) is 0 Å². The van der Waals surface area contributed by atoms with Gasteiger partial charge in [-0.15, -0.1) is 0 Å². The van der Waals surface area contributed by atoms with Gasteiger partial charge in [-0.3, -0.25) is 0 Å². The molecule has 2 N–H and O–H groups in total. The van der Waals surface area contributed by atoms with Crippen LogP contribution in [0.25, 0.3) is 5.69 Å². The maximum absolute atomic E-state index is 13.6. The molecule has 196 valence electrons. The van der Waals surface area contributed by atoms with Crippen LogP contribution in [0.5, 0.6) is 11.5 Å². The number of nitrogens with zero attached hydrogens (tertiary/aromatic N) is 1. The molecular formula is C28H24F2N3NaO5. The second-order valence-corrected chi connectivity index (χ2v) is 8.21. The maximum atomic E-state index is 13.6. The molecule has 0 aliphatic carbocycles. The molecule has 0 spiro atoms. The number of benzene rings is 3. The Morgan fingerprint density at radius 2 is 1.59 bits per heavy atom. The van der Waals surface area contributed by atoms with Gasteiger partial charge in [0.15, 0.2) is 0 Å². The van der Waals surface area contributed by atoms with E-state index < -0.39 is 29.7 Å². The number of amides is 2. The summed E-state index contributed by atoms with van der Waals surface area (Å²) in [5, 5.41) is 16.5. The van der Waals surface area contributed by atoms with Crippen LogP contribution in [0, 0.1) is 11.6 Å². The summed E-state index contributed by atoms with van der Waals surface area (Å²) in [6.07, 6.45) is 2.70. The summed E-state index contributed by atoms with van der Waals surface area (Å²) in [5.41, 5.74) is 1.48. The molecule has 1 atom stereocenters. The van der Waals surface area contributed by atoms with Crippen LogP contribution in [0.1, 0.15) is 5.56 Å². The Labute approximate surface area is 245 Å². The van der Waals surface area contributed by atoms with Crippen molar-refractivity contribution >= 4 is 17.7 Å². The van der Waals surface area contributed by atoms with E-state index in [9.17, 15) is 23.5 Å². The van der Waals surface area contributed by atoms with Gasteiger partial charge in [-0.25, -0.2) is 13.6 Å². The molecule has 2 amide bonds. The molecule has 39 heavy (non-hydrogen) atoms. The van der Waals surface area contributed by atoms with Crippen LogP contribution in [0.2, 0.25) is 0 Å². The smallest absolute Gasteiger partial charge is 0.546 e. The number of carbonyl (C=O) groups excluding carboxylic acids is 2. The van der Waals surface area contributed by atoms with Crippen molar-refractivity contribution in [3.8, 4) is 17.2 Å². The Morgan fingerprint density at radius 3 is 2.23 bits per heavy atom. The van der Waals surface area contributed by atoms with E-state index in [4.69, 9.17) is 9.47 Å². The second kappa shape index (κ2) is 14.3. The molecule has 0 saturated heterocycles. The quantitative estimate of drug-likeness (QED) is 0.214. The third-order valence-electron chi connectivity index (χ3n) is 5.46. The molecule has 0 radical (unpaired) electrons. The average molecular weight is 544 g/mol. The zero-order valence-electron chi connectivity index (χ0n) is 21.1. The molecule has 1 aromatic heterocycles. The number of carboxylic acid groups (broad SMARTS) is 1. The number of hydrogen-bond donors (Lipinski definition) is 2. The van der Waals surface area contributed by atoms with Gasteiger partial charge in [0.2, 0.25) is 0 Å². The number of anilines is 1. The first-order valence-corrected chi connectivity index (χ1v) is 11.7. The van der Waals surface area contributed by atoms with E-state index in [1.54, 1.807) is 36.4 Å². The summed E-state index contributed by atoms with van der Waals surface area (Å²) < 4.78 is 39.7. The van der Waals surface area contributed by atoms with Gasteiger partial charge in [-0.05, 0) is 66.2 Å². The number of aromatic nitrogens is 1. The topological polar surface area (TPSA) is 105 Å². The van der Waals surface area contributed by atoms with Gasteiger partial charge in [0, 0.05) is 30.6 Å². The van der Waals surface area contributed by atoms with Crippen molar-refractivity contribution in [1.29, 1.82) is 0 Å². The number of ether oxygens (including phenoxy) is 2. The zero-order valence-corrected chi connectivity index (χ0v) is 23.1. The molecule has 4 rings (SSSR count). The molecule has 1 unspecified atom stereocenters. The second-order valence-electron chi connectivity index (χ2n) is 8.21. The monoisotopic (exact) mass is 543 g/mol. The van der Waals surface area contributed by atoms with Crippen molar-refractivity contribution in [3.05, 3.63) is 108 Å². The van der Waals surface area contributed by atoms with Gasteiger partial charge in [0.1, 0.15) is 35.8 Å². The molecule has 3 aromatic carbocycles. The summed E-state index contributed by atoms with van der Waals surface area (Å²) in [4.78, 5) is 23.5. The minimum Gasteiger partial charge on any atom is -0.546 e. The Morgan fingerprint density at radius 1 is 0.923 bits per heavy atom. The number of nitrogens with one attached hydrogen (secondary N) is 2. The molecule has 0 aliphatic rings. The molecule has 0 aliphatic heterocycles. The third-order valence-corrected chi connectivity index (χ3v) is 5.46. The summed E-state index contributed by atoms with van der Waals surface area (Å²) in [6.45, 7) is 0.253. The first-order valence-electron chi connectivity index (χ1n) is 11.7. The van der Waals surface area contributed by atoms with E-state index in [-0.39, 0.29) is 54.8 Å². The summed E-state index contributed by atoms with van der Waals surface area (Å²) in [6, 6.07) is 19.8. The van der Waals surface area contributed by atoms with Gasteiger partial charge >= 0.3 is 35.6 Å². The molecule has 8 nitrogen and oxygen atoms in total. The van der Waals surface area contributed by atoms with Crippen molar-refractivity contribution < 1.29 is 62.5 Å². The average Bonchev–Trinajstić information content (AvgIpc) is 3.44. The largest absolute Gasteiger partial charge is 1.00 e. The molecule has 0 bridgehead atoms. The van der Waals surface area contributed by atoms with E-state index in [1.165, 1.54) is 0 Å². The third kappa shape index (κ3) is 8.85. The summed E-state index contributed by atoms with van der Waals surface area (Å²) in [7, 11) is 0. The Hall–Kier alpha value is -3.86. The first kappa shape index (κ1) is 29.7. The van der Waals surface area contributed by atoms with Crippen molar-refractivity contribution in [2.75, 3.05) is 18.5 Å². The number of aliphatic carboxylic acids is 1. The number of urea groups is 1. The first-order chi connectivity index (χ1) is 18.4. The SMILES string of the molecule is O=C(NCCOc1ccc(CC(Oc2ccc(-n3cccc3)cc2)C(=O)[O-])cc1)Nc1ccc(F)cc1F.[Na+]. The van der Waals surface area contributed by atoms with E-state index in [1.807, 2.05) is 41.2 Å². The number of halogens is 2. The minimum absolute atomic E-state index is 0. The summed E-state index contributed by atoms with van der Waals surface area (Å²) in [5.74, 6) is -2.03. The fraction of sp³-hybridized carbons (Fsp3) is 0.143. The van der Waals surface area contributed by atoms with Crippen LogP contribution in [-0.4, -0.2) is 35.8 Å². The Bertz CT molecular complexity index is 1370. The molecule has 11 heteroatoms. The normalized spacial score (nSPS) is 11.1. The van der Waals surface area contributed by atoms with Gasteiger partial charge in [0.05, 0.1) is 18.2 Å². The van der Waals surface area contributed by atoms with Gasteiger partial charge in [-0.1, -0.05) is 12.1 Å². The molecular weight excluding hydrogens is 519 g/mol. The zero-order chi connectivity index (χ0) is 26.9. The minimum atomic E-state index is -1.33. The van der Waals surface area contributed by atoms with Crippen molar-refractivity contribution in [2.24, 2.45) is 0 Å². The Balaban J connectivity index is 0.00000420. The maximum Gasteiger partial charge on any atom is 1.00 e. The van der Waals surface area contributed by atoms with E-state index in [0.29, 0.717) is 23.1 Å². The Kier molecular flexibility index (Phi) is 10.9. The molecule has 1 heterocycles. The number of hydrogen-bond acceptors (Lipinski definition) is 5. The summed E-state index contributed by atoms with van der Waals surface area (Å²) >= 11 is 0. The number of rotatable bonds is 11. The van der Waals surface area contributed by atoms with E-state index >= 15 is 0 Å². The van der Waals surface area contributed by atoms with Gasteiger partial charge in [0.25, 0.3) is 0 Å². The van der Waals surface area contributed by atoms with Crippen LogP contribution >= 0.6 is 0 Å². The van der Waals surface area contributed by atoms with Crippen LogP contribution < -0.4 is 54.8 Å². The predicted molar refractivity (Wildman–Crippen MR) is 134 cm³/mol. The van der Waals surface area contributed by atoms with Crippen LogP contribution in [-0.2, 0) is 11.2 Å². The van der Waals surface area contributed by atoms with Crippen molar-refractivity contribution in [2.45, 2.75) is 12.5 Å². The van der Waals surface area contributed by atoms with Crippen LogP contribution in [0.4, 0.5) is 19.3 Å². The molecule has 0 saturated carbocycles. The predicted octanol–water partition coefficient (Wildman–Crippen LogP) is 0.700. The van der Waals surface area contributed by atoms with Gasteiger partial charge < -0.3 is 34.6 Å². The fourth-order valence-corrected chi connectivity index (χ4v) is 3.57. The molecule has 0 fully saturated rings. The standard InChI is InChI=1S/C28H25F2N3O5.Na/c29-20-5-12-25(24(30)18-20)32-28(36)31-13-16-37-22-8-3-19(4-9-22)17-26(27(34)35)38-23-10-6-21(7-11-23)33-14-1-2-15-33;/h1-12,14-15,18,26H,13,16-17H2,(H,34,35)(H2,31,32,36);/q;+1/p-1. The number of carbonyl (C=O) groups is 2. The van der Waals surface area contributed by atoms with E-state index in [2.05, 4.69) is 10.6 Å². The number of carboxylic acids is 1. The van der Waals surface area contributed by atoms with Crippen molar-refractivity contribution in [1.82, 2.24) is 9.88 Å². The fourth-order valence-electron chi connectivity index (χ4n) is 3.57. The van der Waals surface area contributed by atoms with Crippen LogP contribution in [0.15, 0.2) is 91.3 Å². The van der Waals surface area contributed by atoms with E-state index in [0.717, 1.165) is 17.8 Å². The van der Waals surface area contributed by atoms with Gasteiger partial charge in [-0.2, -0.15) is 0 Å².